The van der Waals surface area contributed by atoms with Gasteiger partial charge in [-0.2, -0.15) is 0 Å². The van der Waals surface area contributed by atoms with Crippen molar-refractivity contribution in [2.45, 2.75) is 51.7 Å². The number of amides is 1. The number of carbonyl (C=O) groups excluding carboxylic acids is 1. The summed E-state index contributed by atoms with van der Waals surface area (Å²) in [6, 6.07) is 12.0. The highest BCUT2D eigenvalue weighted by molar-refractivity contribution is 7.80. The topological polar surface area (TPSA) is 50.8 Å². The van der Waals surface area contributed by atoms with Crippen LogP contribution in [0, 0.1) is 5.82 Å². The molecule has 1 saturated heterocycles. The average Bonchev–Trinajstić information content (AvgIpc) is 3.07. The zero-order chi connectivity index (χ0) is 22.5. The Kier molecular flexibility index (Phi) is 7.05. The quantitative estimate of drug-likeness (QED) is 0.461. The maximum atomic E-state index is 13.4. The van der Waals surface area contributed by atoms with Gasteiger partial charge >= 0.3 is 0 Å². The molecule has 1 amide bonds. The maximum Gasteiger partial charge on any atom is 0.276 e. The lowest BCUT2D eigenvalue weighted by atomic mass is 9.94. The monoisotopic (exact) mass is 454 g/mol. The van der Waals surface area contributed by atoms with Gasteiger partial charge in [0.1, 0.15) is 18.1 Å². The molecule has 7 heteroatoms. The van der Waals surface area contributed by atoms with Crippen molar-refractivity contribution in [2.24, 2.45) is 0 Å². The van der Waals surface area contributed by atoms with Crippen LogP contribution >= 0.6 is 12.2 Å². The molecule has 2 fully saturated rings. The zero-order valence-corrected chi connectivity index (χ0v) is 18.9. The highest BCUT2D eigenvalue weighted by Crippen LogP contribution is 2.31. The van der Waals surface area contributed by atoms with Gasteiger partial charge in [0.05, 0.1) is 6.61 Å². The second kappa shape index (κ2) is 10.1. The molecular formula is C25H27FN2O3S. The normalized spacial score (nSPS) is 18.2. The van der Waals surface area contributed by atoms with E-state index in [0.29, 0.717) is 28.9 Å². The Morgan fingerprint density at radius 3 is 2.69 bits per heavy atom. The summed E-state index contributed by atoms with van der Waals surface area (Å²) in [4.78, 5) is 14.7. The molecule has 0 unspecified atom stereocenters. The lowest BCUT2D eigenvalue weighted by Crippen LogP contribution is -2.41. The minimum Gasteiger partial charge on any atom is -0.490 e. The van der Waals surface area contributed by atoms with E-state index in [0.717, 1.165) is 36.8 Å². The minimum atomic E-state index is -0.299. The van der Waals surface area contributed by atoms with Crippen LogP contribution in [0.25, 0.3) is 6.08 Å². The number of rotatable bonds is 7. The van der Waals surface area contributed by atoms with Crippen LogP contribution in [0.15, 0.2) is 48.2 Å². The molecule has 32 heavy (non-hydrogen) atoms. The summed E-state index contributed by atoms with van der Waals surface area (Å²) in [5.74, 6) is 0.747. The molecule has 1 saturated carbocycles. The minimum absolute atomic E-state index is 0.0775. The zero-order valence-electron chi connectivity index (χ0n) is 18.1. The highest BCUT2D eigenvalue weighted by Gasteiger charge is 2.36. The van der Waals surface area contributed by atoms with Crippen LogP contribution in [0.1, 0.15) is 50.2 Å². The fourth-order valence-corrected chi connectivity index (χ4v) is 4.52. The first-order valence-corrected chi connectivity index (χ1v) is 11.5. The highest BCUT2D eigenvalue weighted by atomic mass is 32.1. The van der Waals surface area contributed by atoms with Crippen molar-refractivity contribution < 1.29 is 18.7 Å². The molecule has 2 aromatic rings. The van der Waals surface area contributed by atoms with Crippen LogP contribution in [0.4, 0.5) is 4.39 Å². The van der Waals surface area contributed by atoms with Gasteiger partial charge in [0.15, 0.2) is 16.6 Å². The second-order valence-corrected chi connectivity index (χ2v) is 8.40. The lowest BCUT2D eigenvalue weighted by molar-refractivity contribution is -0.124. The molecule has 0 spiro atoms. The van der Waals surface area contributed by atoms with E-state index in [-0.39, 0.29) is 24.4 Å². The number of hydrogen-bond donors (Lipinski definition) is 1. The van der Waals surface area contributed by atoms with Gasteiger partial charge in [0, 0.05) is 6.04 Å². The van der Waals surface area contributed by atoms with Gasteiger partial charge in [0.25, 0.3) is 5.91 Å². The number of halogens is 1. The number of nitrogens with zero attached hydrogens (tertiary/aromatic N) is 1. The Balaban J connectivity index is 1.51. The number of thiocarbonyl (C=S) groups is 1. The van der Waals surface area contributed by atoms with E-state index in [4.69, 9.17) is 21.7 Å². The number of benzene rings is 2. The van der Waals surface area contributed by atoms with E-state index in [9.17, 15) is 9.18 Å². The van der Waals surface area contributed by atoms with E-state index in [2.05, 4.69) is 5.32 Å². The second-order valence-electron chi connectivity index (χ2n) is 8.01. The first-order chi connectivity index (χ1) is 15.5. The Morgan fingerprint density at radius 1 is 1.12 bits per heavy atom. The van der Waals surface area contributed by atoms with Crippen LogP contribution < -0.4 is 14.8 Å². The van der Waals surface area contributed by atoms with Crippen LogP contribution in [0.2, 0.25) is 0 Å². The van der Waals surface area contributed by atoms with Gasteiger partial charge in [-0.25, -0.2) is 4.39 Å². The van der Waals surface area contributed by atoms with Gasteiger partial charge in [-0.05, 0) is 73.5 Å². The number of ether oxygens (including phenoxy) is 2. The SMILES string of the molecule is CCOc1cc(/C=C2\NC(=S)N(C3CCCCC3)C2=O)ccc1OCc1cccc(F)c1. The standard InChI is InChI=1S/C25H27FN2O3S/c1-2-30-23-15-17(11-12-22(23)31-16-18-7-6-8-19(26)13-18)14-21-24(29)28(25(32)27-21)20-9-4-3-5-10-20/h6-8,11-15,20H,2-5,9-10,16H2,1H3,(H,27,32)/b21-14-. The molecule has 5 nitrogen and oxygen atoms in total. The van der Waals surface area contributed by atoms with Gasteiger partial charge in [-0.1, -0.05) is 37.5 Å². The van der Waals surface area contributed by atoms with Crippen molar-refractivity contribution in [1.29, 1.82) is 0 Å². The largest absolute Gasteiger partial charge is 0.490 e. The predicted molar refractivity (Wildman–Crippen MR) is 126 cm³/mol. The van der Waals surface area contributed by atoms with E-state index < -0.39 is 0 Å². The van der Waals surface area contributed by atoms with Gasteiger partial charge in [0.2, 0.25) is 0 Å². The molecule has 0 aromatic heterocycles. The number of nitrogens with one attached hydrogen (secondary N) is 1. The summed E-state index contributed by atoms with van der Waals surface area (Å²) in [5, 5.41) is 3.56. The molecule has 168 valence electrons. The van der Waals surface area contributed by atoms with Crippen molar-refractivity contribution in [2.75, 3.05) is 6.61 Å². The third kappa shape index (κ3) is 5.10. The number of carbonyl (C=O) groups is 1. The Labute approximate surface area is 193 Å². The molecular weight excluding hydrogens is 427 g/mol. The van der Waals surface area contributed by atoms with E-state index in [1.165, 1.54) is 18.6 Å². The summed E-state index contributed by atoms with van der Waals surface area (Å²) in [6.07, 6.45) is 7.25. The summed E-state index contributed by atoms with van der Waals surface area (Å²) in [5.41, 5.74) is 2.00. The van der Waals surface area contributed by atoms with Crippen LogP contribution in [-0.2, 0) is 11.4 Å². The van der Waals surface area contributed by atoms with Crippen molar-refractivity contribution in [1.82, 2.24) is 10.2 Å². The molecule has 2 aromatic carbocycles. The smallest absolute Gasteiger partial charge is 0.276 e. The molecule has 0 bridgehead atoms. The molecule has 1 heterocycles. The van der Waals surface area contributed by atoms with Crippen molar-refractivity contribution in [3.05, 3.63) is 65.1 Å². The van der Waals surface area contributed by atoms with E-state index in [1.807, 2.05) is 19.1 Å². The van der Waals surface area contributed by atoms with E-state index >= 15 is 0 Å². The first kappa shape index (κ1) is 22.3. The fourth-order valence-electron chi connectivity index (χ4n) is 4.18. The molecule has 1 N–H and O–H groups in total. The van der Waals surface area contributed by atoms with Crippen LogP contribution in [0.3, 0.4) is 0 Å². The number of hydrogen-bond acceptors (Lipinski definition) is 4. The first-order valence-electron chi connectivity index (χ1n) is 11.1. The average molecular weight is 455 g/mol. The van der Waals surface area contributed by atoms with Crippen molar-refractivity contribution in [3.63, 3.8) is 0 Å². The summed E-state index contributed by atoms with van der Waals surface area (Å²) < 4.78 is 25.0. The Morgan fingerprint density at radius 2 is 1.94 bits per heavy atom. The predicted octanol–water partition coefficient (Wildman–Crippen LogP) is 5.19. The molecule has 0 atom stereocenters. The van der Waals surface area contributed by atoms with Gasteiger partial charge < -0.3 is 14.8 Å². The van der Waals surface area contributed by atoms with Crippen LogP contribution in [-0.4, -0.2) is 28.6 Å². The molecule has 1 aliphatic carbocycles. The molecule has 2 aliphatic rings. The summed E-state index contributed by atoms with van der Waals surface area (Å²) in [7, 11) is 0. The molecule has 0 radical (unpaired) electrons. The van der Waals surface area contributed by atoms with Crippen molar-refractivity contribution >= 4 is 29.3 Å². The maximum absolute atomic E-state index is 13.4. The lowest BCUT2D eigenvalue weighted by Gasteiger charge is -2.29. The Bertz CT molecular complexity index is 1030. The fraction of sp³-hybridized carbons (Fsp3) is 0.360. The Hall–Kier alpha value is -2.93. The third-order valence-corrected chi connectivity index (χ3v) is 6.01. The van der Waals surface area contributed by atoms with Crippen LogP contribution in [0.5, 0.6) is 11.5 Å². The van der Waals surface area contributed by atoms with Crippen molar-refractivity contribution in [3.8, 4) is 11.5 Å². The molecule has 4 rings (SSSR count). The third-order valence-electron chi connectivity index (χ3n) is 5.71. The summed E-state index contributed by atoms with van der Waals surface area (Å²) >= 11 is 5.45. The van der Waals surface area contributed by atoms with Gasteiger partial charge in [-0.15, -0.1) is 0 Å². The van der Waals surface area contributed by atoms with Gasteiger partial charge in [-0.3, -0.25) is 9.69 Å². The summed E-state index contributed by atoms with van der Waals surface area (Å²) in [6.45, 7) is 2.58. The molecule has 1 aliphatic heterocycles. The van der Waals surface area contributed by atoms with E-state index in [1.54, 1.807) is 29.2 Å².